The van der Waals surface area contributed by atoms with E-state index >= 15 is 0 Å². The van der Waals surface area contributed by atoms with Crippen molar-refractivity contribution in [1.29, 1.82) is 10.5 Å². The third-order valence-corrected chi connectivity index (χ3v) is 7.35. The minimum absolute atomic E-state index is 0.0615. The van der Waals surface area contributed by atoms with Crippen molar-refractivity contribution < 1.29 is 14.3 Å². The lowest BCUT2D eigenvalue weighted by atomic mass is 9.68. The lowest BCUT2D eigenvalue weighted by molar-refractivity contribution is -0.133. The van der Waals surface area contributed by atoms with Gasteiger partial charge in [-0.3, -0.25) is 0 Å². The summed E-state index contributed by atoms with van der Waals surface area (Å²) in [5, 5.41) is 19.0. The van der Waals surface area contributed by atoms with Crippen molar-refractivity contribution in [2.45, 2.75) is 26.3 Å². The van der Waals surface area contributed by atoms with Crippen LogP contribution in [0.3, 0.4) is 0 Å². The summed E-state index contributed by atoms with van der Waals surface area (Å²) in [6.07, 6.45) is 2.15. The molecule has 35 heavy (non-hydrogen) atoms. The molecule has 1 aliphatic carbocycles. The molecule has 172 valence electrons. The van der Waals surface area contributed by atoms with Gasteiger partial charge in [0.05, 0.1) is 18.2 Å². The van der Waals surface area contributed by atoms with Crippen molar-refractivity contribution in [1.82, 2.24) is 0 Å². The van der Waals surface area contributed by atoms with Crippen molar-refractivity contribution in [3.63, 3.8) is 0 Å². The molecule has 0 saturated carbocycles. The third-order valence-electron chi connectivity index (χ3n) is 7.35. The fraction of sp³-hybridized carbons (Fsp3) is 0.207. The smallest absolute Gasteiger partial charge is 0.340 e. The highest BCUT2D eigenvalue weighted by atomic mass is 16.5. The molecule has 0 spiro atoms. The maximum absolute atomic E-state index is 13.1. The van der Waals surface area contributed by atoms with E-state index in [2.05, 4.69) is 30.0 Å². The monoisotopic (exact) mass is 461 g/mol. The molecule has 3 aliphatic rings. The van der Waals surface area contributed by atoms with Gasteiger partial charge in [-0.15, -0.1) is 0 Å². The molecule has 0 radical (unpaired) electrons. The van der Waals surface area contributed by atoms with Crippen LogP contribution in [0.15, 0.2) is 94.3 Å². The highest BCUT2D eigenvalue weighted by molar-refractivity contribution is 6.01. The number of methoxy groups -OCH3 is 1. The Morgan fingerprint density at radius 3 is 2.34 bits per heavy atom. The average molecular weight is 462 g/mol. The molecule has 0 fully saturated rings. The number of hydrogen-bond donors (Lipinski definition) is 0. The largest absolute Gasteiger partial charge is 0.497 e. The van der Waals surface area contributed by atoms with E-state index in [1.54, 1.807) is 7.11 Å². The van der Waals surface area contributed by atoms with E-state index in [0.717, 1.165) is 33.8 Å². The summed E-state index contributed by atoms with van der Waals surface area (Å²) >= 11 is 0. The first kappa shape index (κ1) is 22.3. The molecule has 2 aliphatic heterocycles. The number of allylic oxidation sites excluding steroid dienone is 2. The van der Waals surface area contributed by atoms with Gasteiger partial charge in [0.1, 0.15) is 17.9 Å². The van der Waals surface area contributed by atoms with E-state index in [1.165, 1.54) is 0 Å². The van der Waals surface area contributed by atoms with Crippen molar-refractivity contribution >= 4 is 17.4 Å². The number of nitrogens with zero attached hydrogens (tertiary/aromatic N) is 3. The molecule has 2 atom stereocenters. The van der Waals surface area contributed by atoms with Crippen LogP contribution in [0.2, 0.25) is 0 Å². The Morgan fingerprint density at radius 1 is 1.09 bits per heavy atom. The van der Waals surface area contributed by atoms with Crippen LogP contribution in [0.1, 0.15) is 26.3 Å². The average Bonchev–Trinajstić information content (AvgIpc) is 3.40. The van der Waals surface area contributed by atoms with Crippen molar-refractivity contribution in [3.8, 4) is 17.9 Å². The van der Waals surface area contributed by atoms with E-state index in [1.807, 2.05) is 68.5 Å². The van der Waals surface area contributed by atoms with Gasteiger partial charge >= 0.3 is 5.97 Å². The topological polar surface area (TPSA) is 86.3 Å². The zero-order valence-corrected chi connectivity index (χ0v) is 19.9. The van der Waals surface area contributed by atoms with E-state index in [9.17, 15) is 15.3 Å². The zero-order valence-electron chi connectivity index (χ0n) is 19.9. The van der Waals surface area contributed by atoms with Gasteiger partial charge in [0.2, 0.25) is 0 Å². The number of benzene rings is 2. The SMILES string of the molecule is COc1ccc(N2C(c3ccccc3)=CC3=C(C)C4=C(C(=O)OC4=C(C#N)C#N)C(C)C32C)cc1. The molecule has 2 heterocycles. The van der Waals surface area contributed by atoms with Gasteiger partial charge in [-0.05, 0) is 60.9 Å². The third kappa shape index (κ3) is 3.04. The molecular formula is C29H23N3O3. The standard InChI is InChI=1S/C29H23N3O3/c1-17-23-14-24(19-8-6-5-7-9-19)32(21-10-12-22(34-4)13-11-21)29(23,3)18(2)26-25(17)27(35-28(26)33)20(15-30)16-31/h5-14,18H,1-4H3. The summed E-state index contributed by atoms with van der Waals surface area (Å²) < 4.78 is 10.9. The Labute approximate surface area is 204 Å². The number of ether oxygens (including phenoxy) is 2. The summed E-state index contributed by atoms with van der Waals surface area (Å²) in [5.74, 6) is 0.0190. The molecule has 0 amide bonds. The predicted octanol–water partition coefficient (Wildman–Crippen LogP) is 5.44. The summed E-state index contributed by atoms with van der Waals surface area (Å²) in [6.45, 7) is 6.06. The van der Waals surface area contributed by atoms with Crippen LogP contribution in [0.5, 0.6) is 5.75 Å². The first-order chi connectivity index (χ1) is 16.9. The van der Waals surface area contributed by atoms with Crippen LogP contribution in [0.25, 0.3) is 5.70 Å². The second-order valence-electron chi connectivity index (χ2n) is 8.94. The fourth-order valence-electron chi connectivity index (χ4n) is 5.50. The number of esters is 1. The number of cyclic esters (lactones) is 1. The first-order valence-electron chi connectivity index (χ1n) is 11.3. The maximum atomic E-state index is 13.1. The minimum atomic E-state index is -0.614. The Kier molecular flexibility index (Phi) is 5.11. The lowest BCUT2D eigenvalue weighted by Crippen LogP contribution is -2.51. The van der Waals surface area contributed by atoms with Crippen LogP contribution < -0.4 is 9.64 Å². The number of hydrogen-bond acceptors (Lipinski definition) is 6. The molecule has 5 rings (SSSR count). The number of carbonyl (C=O) groups excluding carboxylic acids is 1. The van der Waals surface area contributed by atoms with Crippen LogP contribution in [-0.4, -0.2) is 18.6 Å². The Hall–Kier alpha value is -4.55. The molecule has 2 aromatic rings. The molecule has 6 heteroatoms. The quantitative estimate of drug-likeness (QED) is 0.447. The predicted molar refractivity (Wildman–Crippen MR) is 132 cm³/mol. The minimum Gasteiger partial charge on any atom is -0.497 e. The van der Waals surface area contributed by atoms with Gasteiger partial charge in [-0.25, -0.2) is 4.79 Å². The first-order valence-corrected chi connectivity index (χ1v) is 11.3. The summed E-state index contributed by atoms with van der Waals surface area (Å²) in [4.78, 5) is 15.4. The van der Waals surface area contributed by atoms with Crippen LogP contribution in [0.4, 0.5) is 5.69 Å². The van der Waals surface area contributed by atoms with E-state index in [0.29, 0.717) is 11.1 Å². The van der Waals surface area contributed by atoms with Gasteiger partial charge in [0.25, 0.3) is 0 Å². The molecular weight excluding hydrogens is 438 g/mol. The Bertz CT molecular complexity index is 1450. The molecule has 2 unspecified atom stereocenters. The number of rotatable bonds is 3. The van der Waals surface area contributed by atoms with Crippen molar-refractivity contribution in [3.05, 3.63) is 99.9 Å². The molecule has 0 bridgehead atoms. The molecule has 0 aromatic heterocycles. The number of fused-ring (bicyclic) bond motifs is 1. The highest BCUT2D eigenvalue weighted by Gasteiger charge is 2.55. The Morgan fingerprint density at radius 2 is 1.74 bits per heavy atom. The van der Waals surface area contributed by atoms with Gasteiger partial charge in [-0.1, -0.05) is 37.3 Å². The normalized spacial score (nSPS) is 22.7. The van der Waals surface area contributed by atoms with Crippen LogP contribution >= 0.6 is 0 Å². The van der Waals surface area contributed by atoms with Gasteiger partial charge < -0.3 is 14.4 Å². The van der Waals surface area contributed by atoms with E-state index < -0.39 is 11.5 Å². The van der Waals surface area contributed by atoms with Gasteiger partial charge in [0.15, 0.2) is 11.3 Å². The molecule has 0 N–H and O–H groups in total. The van der Waals surface area contributed by atoms with E-state index in [4.69, 9.17) is 9.47 Å². The maximum Gasteiger partial charge on any atom is 0.340 e. The summed E-state index contributed by atoms with van der Waals surface area (Å²) in [6, 6.07) is 21.7. The summed E-state index contributed by atoms with van der Waals surface area (Å²) in [5.41, 5.74) is 5.09. The molecule has 0 saturated heterocycles. The Balaban J connectivity index is 1.79. The summed E-state index contributed by atoms with van der Waals surface area (Å²) in [7, 11) is 1.64. The van der Waals surface area contributed by atoms with Crippen LogP contribution in [-0.2, 0) is 9.53 Å². The number of anilines is 1. The zero-order chi connectivity index (χ0) is 24.9. The second kappa shape index (κ2) is 8.04. The number of carbonyl (C=O) groups is 1. The molecule has 6 nitrogen and oxygen atoms in total. The fourth-order valence-corrected chi connectivity index (χ4v) is 5.50. The van der Waals surface area contributed by atoms with E-state index in [-0.39, 0.29) is 17.3 Å². The number of nitriles is 2. The van der Waals surface area contributed by atoms with Crippen molar-refractivity contribution in [2.24, 2.45) is 5.92 Å². The van der Waals surface area contributed by atoms with Crippen molar-refractivity contribution in [2.75, 3.05) is 12.0 Å². The van der Waals surface area contributed by atoms with Gasteiger partial charge in [-0.2, -0.15) is 10.5 Å². The molecule has 2 aromatic carbocycles. The second-order valence-corrected chi connectivity index (χ2v) is 8.94. The van der Waals surface area contributed by atoms with Crippen LogP contribution in [0, 0.1) is 28.6 Å². The van der Waals surface area contributed by atoms with Gasteiger partial charge in [0, 0.05) is 22.9 Å². The lowest BCUT2D eigenvalue weighted by Gasteiger charge is -2.46. The highest BCUT2D eigenvalue weighted by Crippen LogP contribution is 2.57.